The Morgan fingerprint density at radius 3 is 2.80 bits per heavy atom. The highest BCUT2D eigenvalue weighted by Crippen LogP contribution is 2.25. The highest BCUT2D eigenvalue weighted by molar-refractivity contribution is 7.10. The number of aryl methyl sites for hydroxylation is 1. The first-order valence-corrected chi connectivity index (χ1v) is 10.3. The molecule has 0 aliphatic carbocycles. The van der Waals surface area contributed by atoms with E-state index >= 15 is 0 Å². The van der Waals surface area contributed by atoms with Gasteiger partial charge in [0, 0.05) is 41.5 Å². The van der Waals surface area contributed by atoms with Gasteiger partial charge in [-0.15, -0.1) is 11.3 Å². The van der Waals surface area contributed by atoms with Crippen molar-refractivity contribution in [3.8, 4) is 0 Å². The van der Waals surface area contributed by atoms with Gasteiger partial charge in [0.2, 0.25) is 5.91 Å². The second-order valence-corrected chi connectivity index (χ2v) is 8.07. The van der Waals surface area contributed by atoms with Gasteiger partial charge in [0.25, 0.3) is 5.91 Å². The van der Waals surface area contributed by atoms with Crippen molar-refractivity contribution in [1.82, 2.24) is 15.5 Å². The van der Waals surface area contributed by atoms with Crippen molar-refractivity contribution < 1.29 is 9.59 Å². The Morgan fingerprint density at radius 1 is 1.32 bits per heavy atom. The Kier molecular flexibility index (Phi) is 5.88. The molecule has 3 rings (SSSR count). The van der Waals surface area contributed by atoms with Gasteiger partial charge in [0.15, 0.2) is 0 Å². The topological polar surface area (TPSA) is 61.4 Å². The highest BCUT2D eigenvalue weighted by atomic mass is 32.1. The van der Waals surface area contributed by atoms with Crippen LogP contribution >= 0.6 is 22.7 Å². The van der Waals surface area contributed by atoms with Gasteiger partial charge in [-0.3, -0.25) is 14.5 Å². The number of rotatable bonds is 6. The molecule has 3 heterocycles. The molecule has 0 radical (unpaired) electrons. The molecule has 1 fully saturated rings. The molecule has 134 valence electrons. The molecule has 0 aromatic carbocycles. The van der Waals surface area contributed by atoms with Crippen LogP contribution in [0.2, 0.25) is 0 Å². The minimum atomic E-state index is -0.200. The lowest BCUT2D eigenvalue weighted by Gasteiger charge is -2.23. The molecule has 0 spiro atoms. The summed E-state index contributed by atoms with van der Waals surface area (Å²) in [6, 6.07) is 3.71. The van der Waals surface area contributed by atoms with Crippen molar-refractivity contribution in [2.45, 2.75) is 38.9 Å². The number of carbonyl (C=O) groups is 2. The zero-order valence-electron chi connectivity index (χ0n) is 14.5. The fourth-order valence-corrected chi connectivity index (χ4v) is 4.73. The van der Waals surface area contributed by atoms with Crippen molar-refractivity contribution in [2.24, 2.45) is 0 Å². The van der Waals surface area contributed by atoms with Crippen LogP contribution in [0.5, 0.6) is 0 Å². The van der Waals surface area contributed by atoms with Crippen LogP contribution in [0.3, 0.4) is 0 Å². The van der Waals surface area contributed by atoms with Crippen molar-refractivity contribution >= 4 is 34.5 Å². The zero-order valence-corrected chi connectivity index (χ0v) is 16.1. The van der Waals surface area contributed by atoms with E-state index in [0.29, 0.717) is 25.1 Å². The number of thiophene rings is 2. The highest BCUT2D eigenvalue weighted by Gasteiger charge is 2.37. The van der Waals surface area contributed by atoms with E-state index in [1.54, 1.807) is 11.3 Å². The summed E-state index contributed by atoms with van der Waals surface area (Å²) >= 11 is 3.23. The monoisotopic (exact) mass is 377 g/mol. The predicted molar refractivity (Wildman–Crippen MR) is 102 cm³/mol. The van der Waals surface area contributed by atoms with Crippen LogP contribution in [0.1, 0.15) is 34.1 Å². The van der Waals surface area contributed by atoms with Gasteiger partial charge in [-0.2, -0.15) is 11.3 Å². The number of likely N-dealkylation sites (tertiary alicyclic amines) is 1. The number of nitrogens with zero attached hydrogens (tertiary/aromatic N) is 1. The lowest BCUT2D eigenvalue weighted by atomic mass is 10.1. The first-order chi connectivity index (χ1) is 12.1. The van der Waals surface area contributed by atoms with Gasteiger partial charge in [-0.05, 0) is 48.7 Å². The van der Waals surface area contributed by atoms with E-state index in [4.69, 9.17) is 0 Å². The number of hydrogen-bond donors (Lipinski definition) is 2. The van der Waals surface area contributed by atoms with Crippen LogP contribution in [0.15, 0.2) is 28.3 Å². The first kappa shape index (κ1) is 18.1. The Morgan fingerprint density at radius 2 is 2.16 bits per heavy atom. The van der Waals surface area contributed by atoms with Gasteiger partial charge in [0.1, 0.15) is 0 Å². The van der Waals surface area contributed by atoms with Gasteiger partial charge in [0.05, 0.1) is 6.04 Å². The normalized spacial score (nSPS) is 20.6. The molecule has 25 heavy (non-hydrogen) atoms. The molecule has 1 aliphatic heterocycles. The molecule has 2 amide bonds. The molecule has 1 saturated heterocycles. The van der Waals surface area contributed by atoms with E-state index in [1.165, 1.54) is 21.8 Å². The average Bonchev–Trinajstić information content (AvgIpc) is 3.30. The number of carbonyl (C=O) groups excluding carboxylic acids is 2. The summed E-state index contributed by atoms with van der Waals surface area (Å²) in [4.78, 5) is 28.2. The van der Waals surface area contributed by atoms with Crippen LogP contribution in [-0.2, 0) is 11.3 Å². The summed E-state index contributed by atoms with van der Waals surface area (Å²) in [5, 5.41) is 11.8. The Balaban J connectivity index is 1.69. The maximum absolute atomic E-state index is 12.5. The van der Waals surface area contributed by atoms with E-state index in [9.17, 15) is 9.59 Å². The Hall–Kier alpha value is -1.70. The number of hydrogen-bond acceptors (Lipinski definition) is 5. The lowest BCUT2D eigenvalue weighted by molar-refractivity contribution is -0.125. The molecule has 2 atom stereocenters. The van der Waals surface area contributed by atoms with Crippen LogP contribution in [0.25, 0.3) is 0 Å². The van der Waals surface area contributed by atoms with Crippen molar-refractivity contribution in [1.29, 1.82) is 0 Å². The van der Waals surface area contributed by atoms with E-state index in [1.807, 2.05) is 23.8 Å². The van der Waals surface area contributed by atoms with E-state index < -0.39 is 0 Å². The first-order valence-electron chi connectivity index (χ1n) is 8.46. The molecule has 2 aromatic heterocycles. The summed E-state index contributed by atoms with van der Waals surface area (Å²) in [5.41, 5.74) is 1.94. The van der Waals surface area contributed by atoms with Crippen molar-refractivity contribution in [3.63, 3.8) is 0 Å². The molecule has 0 bridgehead atoms. The summed E-state index contributed by atoms with van der Waals surface area (Å²) in [6.07, 6.45) is 0.645. The summed E-state index contributed by atoms with van der Waals surface area (Å²) in [7, 11) is 0. The number of nitrogens with one attached hydrogen (secondary N) is 2. The van der Waals surface area contributed by atoms with E-state index in [-0.39, 0.29) is 23.9 Å². The molecule has 2 N–H and O–H groups in total. The van der Waals surface area contributed by atoms with Gasteiger partial charge < -0.3 is 10.6 Å². The molecular weight excluding hydrogens is 354 g/mol. The maximum atomic E-state index is 12.5. The summed E-state index contributed by atoms with van der Waals surface area (Å²) in [6.45, 7) is 6.08. The Labute approximate surface area is 156 Å². The standard InChI is InChI=1S/C18H23N3O2S2/c1-3-19-18(23)15-8-14(20-17(22)13-5-6-24-11-13)9-21(15)10-16-12(2)4-7-25-16/h4-7,11,14-15H,3,8-10H2,1-2H3,(H,19,23)(H,20,22)/t14-,15-/m0/s1. The van der Waals surface area contributed by atoms with Crippen molar-refractivity contribution in [2.75, 3.05) is 13.1 Å². The van der Waals surface area contributed by atoms with Gasteiger partial charge in [-0.1, -0.05) is 0 Å². The third kappa shape index (κ3) is 4.29. The second-order valence-electron chi connectivity index (χ2n) is 6.28. The fourth-order valence-electron chi connectivity index (χ4n) is 3.16. The zero-order chi connectivity index (χ0) is 17.8. The van der Waals surface area contributed by atoms with E-state index in [0.717, 1.165) is 6.54 Å². The van der Waals surface area contributed by atoms with Gasteiger partial charge in [-0.25, -0.2) is 0 Å². The third-order valence-electron chi connectivity index (χ3n) is 4.49. The SMILES string of the molecule is CCNC(=O)[C@@H]1C[C@H](NC(=O)c2ccsc2)CN1Cc1sccc1C. The number of likely N-dealkylation sites (N-methyl/N-ethyl adjacent to an activating group) is 1. The molecular formula is C18H23N3O2S2. The predicted octanol–water partition coefficient (Wildman–Crippen LogP) is 2.63. The Bertz CT molecular complexity index is 727. The molecule has 0 saturated carbocycles. The number of amides is 2. The lowest BCUT2D eigenvalue weighted by Crippen LogP contribution is -2.42. The van der Waals surface area contributed by atoms with Crippen LogP contribution < -0.4 is 10.6 Å². The summed E-state index contributed by atoms with van der Waals surface area (Å²) < 4.78 is 0. The van der Waals surface area contributed by atoms with E-state index in [2.05, 4.69) is 33.9 Å². The van der Waals surface area contributed by atoms with Crippen LogP contribution in [0, 0.1) is 6.92 Å². The molecule has 5 nitrogen and oxygen atoms in total. The van der Waals surface area contributed by atoms with Crippen molar-refractivity contribution in [3.05, 3.63) is 44.3 Å². The fraction of sp³-hybridized carbons (Fsp3) is 0.444. The average molecular weight is 378 g/mol. The maximum Gasteiger partial charge on any atom is 0.252 e. The minimum Gasteiger partial charge on any atom is -0.355 e. The molecule has 1 aliphatic rings. The largest absolute Gasteiger partial charge is 0.355 e. The quantitative estimate of drug-likeness (QED) is 0.814. The summed E-state index contributed by atoms with van der Waals surface area (Å²) in [5.74, 6) is -0.0148. The van der Waals surface area contributed by atoms with Gasteiger partial charge >= 0.3 is 0 Å². The molecule has 2 aromatic rings. The second kappa shape index (κ2) is 8.12. The third-order valence-corrected chi connectivity index (χ3v) is 6.18. The minimum absolute atomic E-state index is 0.0136. The smallest absolute Gasteiger partial charge is 0.252 e. The van der Waals surface area contributed by atoms with Crippen LogP contribution in [-0.4, -0.2) is 41.9 Å². The molecule has 0 unspecified atom stereocenters. The molecule has 7 heteroatoms. The van der Waals surface area contributed by atoms with Crippen LogP contribution in [0.4, 0.5) is 0 Å².